The van der Waals surface area contributed by atoms with Gasteiger partial charge in [-0.15, -0.1) is 0 Å². The van der Waals surface area contributed by atoms with E-state index in [1.807, 2.05) is 0 Å². The summed E-state index contributed by atoms with van der Waals surface area (Å²) in [6.07, 6.45) is 3.55. The summed E-state index contributed by atoms with van der Waals surface area (Å²) in [5.74, 6) is 0.140. The first kappa shape index (κ1) is 22.9. The summed E-state index contributed by atoms with van der Waals surface area (Å²) in [5, 5.41) is 2.47. The number of para-hydroxylation sites is 1. The lowest BCUT2D eigenvalue weighted by Crippen LogP contribution is -2.48. The lowest BCUT2D eigenvalue weighted by Gasteiger charge is -2.13. The van der Waals surface area contributed by atoms with Crippen molar-refractivity contribution in [2.45, 2.75) is 19.8 Å². The zero-order valence-corrected chi connectivity index (χ0v) is 17.6. The Bertz CT molecular complexity index is 901. The van der Waals surface area contributed by atoms with E-state index < -0.39 is 11.8 Å². The maximum absolute atomic E-state index is 12.4. The second kappa shape index (κ2) is 12.2. The standard InChI is InChI=1S/C22H25N3O4S/c1-3-5-14-28-17-10-8-9-16(15-17)20(26)23-22(30)25-24-21(27)18-11-6-7-12-19(18)29-13-4-2/h4,6-12,15H,2-3,5,13-14H2,1H3,(H,24,27)(H2,23,25,26,30). The smallest absolute Gasteiger partial charge is 0.273 e. The number of thiocarbonyl (C=S) groups is 1. The molecule has 8 heteroatoms. The van der Waals surface area contributed by atoms with E-state index in [2.05, 4.69) is 29.7 Å². The highest BCUT2D eigenvalue weighted by Gasteiger charge is 2.13. The van der Waals surface area contributed by atoms with Crippen LogP contribution in [0.5, 0.6) is 11.5 Å². The minimum atomic E-state index is -0.461. The summed E-state index contributed by atoms with van der Waals surface area (Å²) in [5.41, 5.74) is 5.67. The zero-order valence-electron chi connectivity index (χ0n) is 16.8. The number of unbranched alkanes of at least 4 members (excludes halogenated alkanes) is 1. The molecule has 0 unspecified atom stereocenters. The molecule has 2 aromatic rings. The lowest BCUT2D eigenvalue weighted by atomic mass is 10.2. The van der Waals surface area contributed by atoms with E-state index >= 15 is 0 Å². The minimum absolute atomic E-state index is 0.0462. The Morgan fingerprint density at radius 1 is 1.07 bits per heavy atom. The van der Waals surface area contributed by atoms with Gasteiger partial charge in [0.1, 0.15) is 18.1 Å². The third-order valence-corrected chi connectivity index (χ3v) is 4.07. The first-order valence-corrected chi connectivity index (χ1v) is 9.93. The summed E-state index contributed by atoms with van der Waals surface area (Å²) in [7, 11) is 0. The highest BCUT2D eigenvalue weighted by Crippen LogP contribution is 2.17. The van der Waals surface area contributed by atoms with Crippen molar-refractivity contribution in [1.29, 1.82) is 0 Å². The van der Waals surface area contributed by atoms with Crippen LogP contribution < -0.4 is 25.6 Å². The van der Waals surface area contributed by atoms with E-state index in [1.54, 1.807) is 54.6 Å². The van der Waals surface area contributed by atoms with Crippen molar-refractivity contribution in [3.63, 3.8) is 0 Å². The molecule has 3 N–H and O–H groups in total. The van der Waals surface area contributed by atoms with Crippen LogP contribution in [0.15, 0.2) is 61.2 Å². The molecule has 0 heterocycles. The number of nitrogens with one attached hydrogen (secondary N) is 3. The third-order valence-electron chi connectivity index (χ3n) is 3.87. The van der Waals surface area contributed by atoms with E-state index in [9.17, 15) is 9.59 Å². The molecule has 30 heavy (non-hydrogen) atoms. The van der Waals surface area contributed by atoms with Gasteiger partial charge in [0.25, 0.3) is 11.8 Å². The van der Waals surface area contributed by atoms with Crippen molar-refractivity contribution in [3.8, 4) is 11.5 Å². The average molecular weight is 428 g/mol. The fraction of sp³-hybridized carbons (Fsp3) is 0.227. The highest BCUT2D eigenvalue weighted by molar-refractivity contribution is 7.80. The van der Waals surface area contributed by atoms with Gasteiger partial charge in [-0.2, -0.15) is 0 Å². The number of hydrogen-bond acceptors (Lipinski definition) is 5. The van der Waals surface area contributed by atoms with Crippen LogP contribution in [-0.4, -0.2) is 30.1 Å². The molecule has 0 aromatic heterocycles. The minimum Gasteiger partial charge on any atom is -0.494 e. The largest absolute Gasteiger partial charge is 0.494 e. The fourth-order valence-corrected chi connectivity index (χ4v) is 2.52. The van der Waals surface area contributed by atoms with Crippen LogP contribution >= 0.6 is 12.2 Å². The van der Waals surface area contributed by atoms with Gasteiger partial charge < -0.3 is 9.47 Å². The molecule has 0 aliphatic carbocycles. The molecule has 0 radical (unpaired) electrons. The quantitative estimate of drug-likeness (QED) is 0.246. The van der Waals surface area contributed by atoms with E-state index in [4.69, 9.17) is 21.7 Å². The molecule has 7 nitrogen and oxygen atoms in total. The van der Waals surface area contributed by atoms with Crippen molar-refractivity contribution in [1.82, 2.24) is 16.2 Å². The van der Waals surface area contributed by atoms with Crippen molar-refractivity contribution in [2.24, 2.45) is 0 Å². The number of carbonyl (C=O) groups excluding carboxylic acids is 2. The SMILES string of the molecule is C=CCOc1ccccc1C(=O)NNC(=S)NC(=O)c1cccc(OCCCC)c1. The van der Waals surface area contributed by atoms with Crippen LogP contribution in [0.4, 0.5) is 0 Å². The summed E-state index contributed by atoms with van der Waals surface area (Å²) in [6.45, 7) is 6.52. The van der Waals surface area contributed by atoms with Crippen molar-refractivity contribution in [3.05, 3.63) is 72.3 Å². The van der Waals surface area contributed by atoms with Crippen LogP contribution in [-0.2, 0) is 0 Å². The van der Waals surface area contributed by atoms with Crippen LogP contribution in [0.25, 0.3) is 0 Å². The van der Waals surface area contributed by atoms with Gasteiger partial charge in [-0.1, -0.05) is 44.2 Å². The Labute approximate surface area is 181 Å². The number of hydrogen-bond donors (Lipinski definition) is 3. The number of benzene rings is 2. The van der Waals surface area contributed by atoms with E-state index in [0.29, 0.717) is 29.2 Å². The fourth-order valence-electron chi connectivity index (χ4n) is 2.38. The van der Waals surface area contributed by atoms with Gasteiger partial charge in [-0.3, -0.25) is 25.8 Å². The van der Waals surface area contributed by atoms with Crippen molar-refractivity contribution >= 4 is 29.1 Å². The Kier molecular flexibility index (Phi) is 9.33. The summed E-state index contributed by atoms with van der Waals surface area (Å²) in [4.78, 5) is 24.8. The number of ether oxygens (including phenoxy) is 2. The number of hydrazine groups is 1. The molecular formula is C22H25N3O4S. The zero-order chi connectivity index (χ0) is 21.8. The van der Waals surface area contributed by atoms with Crippen LogP contribution in [0.2, 0.25) is 0 Å². The van der Waals surface area contributed by atoms with E-state index in [1.165, 1.54) is 0 Å². The predicted molar refractivity (Wildman–Crippen MR) is 120 cm³/mol. The Morgan fingerprint density at radius 2 is 1.87 bits per heavy atom. The Morgan fingerprint density at radius 3 is 2.63 bits per heavy atom. The molecule has 0 atom stereocenters. The second-order valence-electron chi connectivity index (χ2n) is 6.19. The first-order chi connectivity index (χ1) is 14.5. The number of amides is 2. The van der Waals surface area contributed by atoms with E-state index in [0.717, 1.165) is 12.8 Å². The third kappa shape index (κ3) is 7.21. The molecule has 2 rings (SSSR count). The molecule has 0 aliphatic heterocycles. The van der Waals surface area contributed by atoms with Gasteiger partial charge in [0.2, 0.25) is 0 Å². The van der Waals surface area contributed by atoms with Crippen LogP contribution in [0.3, 0.4) is 0 Å². The molecule has 2 aromatic carbocycles. The summed E-state index contributed by atoms with van der Waals surface area (Å²) >= 11 is 5.09. The topological polar surface area (TPSA) is 88.7 Å². The normalized spacial score (nSPS) is 9.90. The monoisotopic (exact) mass is 427 g/mol. The molecule has 0 saturated carbocycles. The molecule has 0 fully saturated rings. The maximum Gasteiger partial charge on any atom is 0.273 e. The van der Waals surface area contributed by atoms with Gasteiger partial charge in [0, 0.05) is 5.56 Å². The van der Waals surface area contributed by atoms with Gasteiger partial charge in [0.05, 0.1) is 12.2 Å². The van der Waals surface area contributed by atoms with Gasteiger partial charge >= 0.3 is 0 Å². The molecule has 158 valence electrons. The lowest BCUT2D eigenvalue weighted by molar-refractivity contribution is 0.0931. The molecular weight excluding hydrogens is 402 g/mol. The maximum atomic E-state index is 12.4. The Balaban J connectivity index is 1.89. The van der Waals surface area contributed by atoms with Crippen LogP contribution in [0.1, 0.15) is 40.5 Å². The average Bonchev–Trinajstić information content (AvgIpc) is 2.76. The summed E-state index contributed by atoms with van der Waals surface area (Å²) in [6, 6.07) is 13.6. The molecule has 2 amide bonds. The number of carbonyl (C=O) groups is 2. The molecule has 0 spiro atoms. The van der Waals surface area contributed by atoms with Gasteiger partial charge in [-0.25, -0.2) is 0 Å². The molecule has 0 aliphatic rings. The summed E-state index contributed by atoms with van der Waals surface area (Å²) < 4.78 is 11.1. The van der Waals surface area contributed by atoms with E-state index in [-0.39, 0.29) is 11.7 Å². The van der Waals surface area contributed by atoms with Crippen LogP contribution in [0, 0.1) is 0 Å². The van der Waals surface area contributed by atoms with Gasteiger partial charge in [0.15, 0.2) is 5.11 Å². The first-order valence-electron chi connectivity index (χ1n) is 9.52. The molecule has 0 saturated heterocycles. The van der Waals surface area contributed by atoms with Gasteiger partial charge in [-0.05, 0) is 49.0 Å². The highest BCUT2D eigenvalue weighted by atomic mass is 32.1. The number of rotatable bonds is 9. The van der Waals surface area contributed by atoms with Crippen molar-refractivity contribution in [2.75, 3.05) is 13.2 Å². The molecule has 0 bridgehead atoms. The predicted octanol–water partition coefficient (Wildman–Crippen LogP) is 3.38. The second-order valence-corrected chi connectivity index (χ2v) is 6.60. The van der Waals surface area contributed by atoms with Crippen molar-refractivity contribution < 1.29 is 19.1 Å². The Hall–Kier alpha value is -3.39.